The first kappa shape index (κ1) is 21.0. The van der Waals surface area contributed by atoms with E-state index in [4.69, 9.17) is 11.6 Å². The molecule has 1 aliphatic carbocycles. The highest BCUT2D eigenvalue weighted by Crippen LogP contribution is 2.43. The average molecular weight is 477 g/mol. The predicted octanol–water partition coefficient (Wildman–Crippen LogP) is 5.17. The van der Waals surface area contributed by atoms with Crippen LogP contribution in [0.1, 0.15) is 20.3 Å². The van der Waals surface area contributed by atoms with Gasteiger partial charge in [-0.15, -0.1) is 0 Å². The first-order valence-electron chi connectivity index (χ1n) is 10.2. The summed E-state index contributed by atoms with van der Waals surface area (Å²) in [6.07, 6.45) is 0.770. The number of alkyl halides is 1. The van der Waals surface area contributed by atoms with Crippen LogP contribution in [0, 0.1) is 11.7 Å². The Morgan fingerprint density at radius 3 is 2.78 bits per heavy atom. The molecule has 166 valence electrons. The van der Waals surface area contributed by atoms with Gasteiger partial charge in [-0.3, -0.25) is 9.89 Å². The van der Waals surface area contributed by atoms with Crippen molar-refractivity contribution in [2.24, 2.45) is 5.92 Å². The largest absolute Gasteiger partial charge is 0.368 e. The number of nitrogens with zero attached hydrogens (tertiary/aromatic N) is 4. The standard InChI is InChI=1S/C21H19ClF2N6OS/c1-3-30(4-2)18-16(24)15(22)14(10-8-25-29-17(10)18)12-5-6-13-20(26-12)32-21(27-13)28-19(31)9-7-11(9)23/h5-6,8-9,11H,3-4,7H2,1-2H3,(H,25,29)(H,27,28,31)/t9-,11+/m1/s1. The van der Waals surface area contributed by atoms with E-state index >= 15 is 4.39 Å². The second kappa shape index (κ2) is 7.93. The summed E-state index contributed by atoms with van der Waals surface area (Å²) >= 11 is 7.69. The molecule has 1 aliphatic rings. The smallest absolute Gasteiger partial charge is 0.232 e. The number of carbonyl (C=O) groups excluding carboxylic acids is 1. The van der Waals surface area contributed by atoms with Crippen LogP contribution in [0.2, 0.25) is 5.02 Å². The van der Waals surface area contributed by atoms with E-state index in [1.807, 2.05) is 18.7 Å². The second-order valence-corrected chi connectivity index (χ2v) is 8.93. The van der Waals surface area contributed by atoms with E-state index in [1.165, 1.54) is 11.3 Å². The van der Waals surface area contributed by atoms with E-state index in [9.17, 15) is 9.18 Å². The highest BCUT2D eigenvalue weighted by molar-refractivity contribution is 7.22. The van der Waals surface area contributed by atoms with E-state index in [0.717, 1.165) is 0 Å². The third kappa shape index (κ3) is 3.38. The number of pyridine rings is 1. The molecule has 0 unspecified atom stereocenters. The van der Waals surface area contributed by atoms with E-state index in [1.54, 1.807) is 18.3 Å². The monoisotopic (exact) mass is 476 g/mol. The van der Waals surface area contributed by atoms with Crippen LogP contribution < -0.4 is 10.2 Å². The summed E-state index contributed by atoms with van der Waals surface area (Å²) in [6, 6.07) is 3.44. The number of aromatic amines is 1. The molecule has 5 rings (SSSR count). The van der Waals surface area contributed by atoms with Gasteiger partial charge in [0.15, 0.2) is 10.9 Å². The van der Waals surface area contributed by atoms with Crippen LogP contribution in [0.5, 0.6) is 0 Å². The molecule has 3 aromatic heterocycles. The molecule has 0 radical (unpaired) electrons. The zero-order chi connectivity index (χ0) is 22.6. The van der Waals surface area contributed by atoms with Crippen LogP contribution in [0.25, 0.3) is 32.5 Å². The average Bonchev–Trinajstić information content (AvgIpc) is 3.15. The van der Waals surface area contributed by atoms with Crippen molar-refractivity contribution in [3.8, 4) is 11.3 Å². The Hall–Kier alpha value is -2.85. The molecule has 0 spiro atoms. The van der Waals surface area contributed by atoms with Crippen LogP contribution in [-0.4, -0.2) is 45.3 Å². The first-order valence-corrected chi connectivity index (χ1v) is 11.4. The molecule has 0 bridgehead atoms. The van der Waals surface area contributed by atoms with Gasteiger partial charge < -0.3 is 10.2 Å². The fourth-order valence-corrected chi connectivity index (χ4v) is 4.96. The van der Waals surface area contributed by atoms with Gasteiger partial charge in [0.05, 0.1) is 28.3 Å². The van der Waals surface area contributed by atoms with E-state index in [2.05, 4.69) is 25.5 Å². The highest BCUT2D eigenvalue weighted by atomic mass is 35.5. The number of nitrogens with one attached hydrogen (secondary N) is 2. The lowest BCUT2D eigenvalue weighted by molar-refractivity contribution is -0.117. The van der Waals surface area contributed by atoms with Gasteiger partial charge >= 0.3 is 0 Å². The zero-order valence-corrected chi connectivity index (χ0v) is 18.8. The first-order chi connectivity index (χ1) is 15.4. The molecule has 0 aliphatic heterocycles. The summed E-state index contributed by atoms with van der Waals surface area (Å²) < 4.78 is 28.5. The molecule has 1 saturated carbocycles. The Morgan fingerprint density at radius 2 is 2.09 bits per heavy atom. The van der Waals surface area contributed by atoms with Crippen molar-refractivity contribution in [1.29, 1.82) is 0 Å². The maximum absolute atomic E-state index is 15.4. The number of fused-ring (bicyclic) bond motifs is 2. The zero-order valence-electron chi connectivity index (χ0n) is 17.2. The molecule has 1 amide bonds. The molecular weight excluding hydrogens is 458 g/mol. The quantitative estimate of drug-likeness (QED) is 0.401. The van der Waals surface area contributed by atoms with Crippen LogP contribution >= 0.6 is 22.9 Å². The van der Waals surface area contributed by atoms with Gasteiger partial charge in [0.1, 0.15) is 22.2 Å². The molecule has 2 atom stereocenters. The van der Waals surface area contributed by atoms with Crippen molar-refractivity contribution in [3.05, 3.63) is 29.2 Å². The summed E-state index contributed by atoms with van der Waals surface area (Å²) in [4.78, 5) is 23.4. The van der Waals surface area contributed by atoms with Gasteiger partial charge in [-0.05, 0) is 32.4 Å². The Morgan fingerprint density at radius 1 is 1.34 bits per heavy atom. The SMILES string of the molecule is CCN(CC)c1c(F)c(Cl)c(-c2ccc3nc(NC(=O)[C@@H]4C[C@@H]4F)sc3n2)c2cn[nH]c12. The molecule has 1 aromatic carbocycles. The molecule has 0 saturated heterocycles. The molecule has 11 heteroatoms. The molecule has 1 fully saturated rings. The molecular formula is C21H19ClF2N6OS. The van der Waals surface area contributed by atoms with Gasteiger partial charge in [-0.1, -0.05) is 22.9 Å². The second-order valence-electron chi connectivity index (χ2n) is 7.57. The van der Waals surface area contributed by atoms with Crippen molar-refractivity contribution >= 4 is 60.9 Å². The minimum Gasteiger partial charge on any atom is -0.368 e. The highest BCUT2D eigenvalue weighted by Gasteiger charge is 2.43. The van der Waals surface area contributed by atoms with Gasteiger partial charge in [-0.25, -0.2) is 18.7 Å². The number of rotatable bonds is 6. The number of thiazole rings is 1. The third-order valence-corrected chi connectivity index (χ3v) is 6.87. The number of benzene rings is 1. The van der Waals surface area contributed by atoms with E-state index < -0.39 is 17.9 Å². The number of H-pyrrole nitrogens is 1. The minimum absolute atomic E-state index is 0.0339. The fraction of sp³-hybridized carbons (Fsp3) is 0.333. The Kier molecular flexibility index (Phi) is 5.21. The van der Waals surface area contributed by atoms with Crippen LogP contribution in [0.3, 0.4) is 0 Å². The lowest BCUT2D eigenvalue weighted by Crippen LogP contribution is -2.23. The lowest BCUT2D eigenvalue weighted by Gasteiger charge is -2.23. The summed E-state index contributed by atoms with van der Waals surface area (Å²) in [5, 5.41) is 10.6. The van der Waals surface area contributed by atoms with Gasteiger partial charge in [0, 0.05) is 24.0 Å². The molecule has 2 N–H and O–H groups in total. The summed E-state index contributed by atoms with van der Waals surface area (Å²) in [7, 11) is 0. The summed E-state index contributed by atoms with van der Waals surface area (Å²) in [6.45, 7) is 5.11. The Labute approximate surface area is 190 Å². The third-order valence-electron chi connectivity index (χ3n) is 5.64. The summed E-state index contributed by atoms with van der Waals surface area (Å²) in [5.41, 5.74) is 2.40. The van der Waals surface area contributed by atoms with Crippen molar-refractivity contribution in [2.45, 2.75) is 26.4 Å². The Bertz CT molecular complexity index is 1350. The van der Waals surface area contributed by atoms with Crippen LogP contribution in [0.15, 0.2) is 18.3 Å². The van der Waals surface area contributed by atoms with Crippen LogP contribution in [-0.2, 0) is 4.79 Å². The van der Waals surface area contributed by atoms with Gasteiger partial charge in [0.2, 0.25) is 5.91 Å². The van der Waals surface area contributed by atoms with E-state index in [0.29, 0.717) is 56.4 Å². The van der Waals surface area contributed by atoms with Gasteiger partial charge in [0.25, 0.3) is 0 Å². The number of carbonyl (C=O) groups is 1. The number of anilines is 2. The van der Waals surface area contributed by atoms with Crippen LogP contribution in [0.4, 0.5) is 19.6 Å². The van der Waals surface area contributed by atoms with E-state index in [-0.39, 0.29) is 17.4 Å². The van der Waals surface area contributed by atoms with Crippen molar-refractivity contribution < 1.29 is 13.6 Å². The summed E-state index contributed by atoms with van der Waals surface area (Å²) in [5.74, 6) is -1.52. The number of halogens is 3. The number of amides is 1. The normalized spacial score (nSPS) is 17.8. The minimum atomic E-state index is -1.08. The van der Waals surface area contributed by atoms with Crippen molar-refractivity contribution in [3.63, 3.8) is 0 Å². The Balaban J connectivity index is 1.58. The molecule has 7 nitrogen and oxygen atoms in total. The topological polar surface area (TPSA) is 86.8 Å². The molecule has 3 heterocycles. The number of hydrogen-bond acceptors (Lipinski definition) is 6. The maximum Gasteiger partial charge on any atom is 0.232 e. The number of hydrogen-bond donors (Lipinski definition) is 2. The molecule has 4 aromatic rings. The van der Waals surface area contributed by atoms with Gasteiger partial charge in [-0.2, -0.15) is 5.10 Å². The van der Waals surface area contributed by atoms with Crippen molar-refractivity contribution in [1.82, 2.24) is 20.2 Å². The maximum atomic E-state index is 15.4. The molecule has 32 heavy (non-hydrogen) atoms. The fourth-order valence-electron chi connectivity index (χ4n) is 3.83. The van der Waals surface area contributed by atoms with Crippen molar-refractivity contribution in [2.75, 3.05) is 23.3 Å². The predicted molar refractivity (Wildman–Crippen MR) is 123 cm³/mol. The lowest BCUT2D eigenvalue weighted by atomic mass is 10.0. The number of aromatic nitrogens is 4.